The van der Waals surface area contributed by atoms with Gasteiger partial charge in [0.25, 0.3) is 0 Å². The third-order valence-electron chi connectivity index (χ3n) is 3.49. The van der Waals surface area contributed by atoms with Gasteiger partial charge in [0.15, 0.2) is 11.8 Å². The Hall–Kier alpha value is -2.77. The number of rotatable bonds is 7. The average molecular weight is 403 g/mol. The van der Waals surface area contributed by atoms with Crippen LogP contribution in [0.15, 0.2) is 60.9 Å². The fourth-order valence-corrected chi connectivity index (χ4v) is 2.74. The molecule has 2 aromatic carbocycles. The highest BCUT2D eigenvalue weighted by Crippen LogP contribution is 2.24. The van der Waals surface area contributed by atoms with Gasteiger partial charge in [0.2, 0.25) is 0 Å². The number of anilines is 2. The van der Waals surface area contributed by atoms with Crippen molar-refractivity contribution >= 4 is 40.3 Å². The van der Waals surface area contributed by atoms with Crippen LogP contribution >= 0.6 is 23.8 Å². The molecule has 0 aliphatic carbocycles. The van der Waals surface area contributed by atoms with Crippen molar-refractivity contribution in [1.82, 2.24) is 9.78 Å². The number of nitrogens with zero attached hydrogens (tertiary/aromatic N) is 2. The molecule has 27 heavy (non-hydrogen) atoms. The Kier molecular flexibility index (Phi) is 6.51. The molecule has 0 aliphatic rings. The van der Waals surface area contributed by atoms with Crippen molar-refractivity contribution in [3.8, 4) is 11.5 Å². The van der Waals surface area contributed by atoms with Crippen LogP contribution in [0, 0.1) is 0 Å². The van der Waals surface area contributed by atoms with Gasteiger partial charge in [0.1, 0.15) is 11.5 Å². The van der Waals surface area contributed by atoms with Gasteiger partial charge in [-0.1, -0.05) is 29.8 Å². The van der Waals surface area contributed by atoms with Crippen molar-refractivity contribution in [2.45, 2.75) is 13.7 Å². The SMILES string of the molecule is CCOc1ccccc1NC(=S)Nc1cnn(COc2cccc(Cl)c2)c1. The number of ether oxygens (including phenoxy) is 2. The van der Waals surface area contributed by atoms with Gasteiger partial charge in [0.05, 0.1) is 30.4 Å². The van der Waals surface area contributed by atoms with Gasteiger partial charge in [-0.2, -0.15) is 5.10 Å². The summed E-state index contributed by atoms with van der Waals surface area (Å²) in [4.78, 5) is 0. The highest BCUT2D eigenvalue weighted by atomic mass is 35.5. The van der Waals surface area contributed by atoms with E-state index in [-0.39, 0.29) is 6.73 Å². The van der Waals surface area contributed by atoms with Crippen LogP contribution in [0.5, 0.6) is 11.5 Å². The fraction of sp³-hybridized carbons (Fsp3) is 0.158. The third-order valence-corrected chi connectivity index (χ3v) is 3.93. The molecule has 0 radical (unpaired) electrons. The number of halogens is 1. The number of thiocarbonyl (C=S) groups is 1. The topological polar surface area (TPSA) is 60.3 Å². The number of nitrogens with one attached hydrogen (secondary N) is 2. The molecule has 140 valence electrons. The molecule has 3 aromatic rings. The molecule has 0 aliphatic heterocycles. The first-order valence-electron chi connectivity index (χ1n) is 8.34. The van der Waals surface area contributed by atoms with E-state index in [1.54, 1.807) is 29.2 Å². The first-order valence-corrected chi connectivity index (χ1v) is 9.13. The van der Waals surface area contributed by atoms with Crippen LogP contribution in [0.4, 0.5) is 11.4 Å². The summed E-state index contributed by atoms with van der Waals surface area (Å²) < 4.78 is 12.9. The lowest BCUT2D eigenvalue weighted by atomic mass is 10.3. The monoisotopic (exact) mass is 402 g/mol. The third kappa shape index (κ3) is 5.60. The fourth-order valence-electron chi connectivity index (χ4n) is 2.33. The average Bonchev–Trinajstić information content (AvgIpc) is 3.09. The lowest BCUT2D eigenvalue weighted by Gasteiger charge is -2.13. The smallest absolute Gasteiger partial charge is 0.180 e. The minimum Gasteiger partial charge on any atom is -0.492 e. The number of hydrogen-bond donors (Lipinski definition) is 2. The molecule has 1 heterocycles. The van der Waals surface area contributed by atoms with Gasteiger partial charge in [-0.05, 0) is 49.5 Å². The van der Waals surface area contributed by atoms with E-state index in [0.29, 0.717) is 22.5 Å². The molecule has 2 N–H and O–H groups in total. The van der Waals surface area contributed by atoms with Gasteiger partial charge < -0.3 is 20.1 Å². The van der Waals surface area contributed by atoms with E-state index in [2.05, 4.69) is 15.7 Å². The van der Waals surface area contributed by atoms with Crippen LogP contribution in [0.3, 0.4) is 0 Å². The van der Waals surface area contributed by atoms with Crippen LogP contribution in [0.2, 0.25) is 5.02 Å². The van der Waals surface area contributed by atoms with Crippen molar-refractivity contribution in [3.05, 3.63) is 65.9 Å². The van der Waals surface area contributed by atoms with E-state index in [9.17, 15) is 0 Å². The van der Waals surface area contributed by atoms with Crippen LogP contribution in [-0.4, -0.2) is 21.5 Å². The Morgan fingerprint density at radius 2 is 2.00 bits per heavy atom. The molecule has 0 saturated heterocycles. The van der Waals surface area contributed by atoms with Crippen molar-refractivity contribution in [1.29, 1.82) is 0 Å². The second-order valence-electron chi connectivity index (χ2n) is 5.51. The molecule has 1 aromatic heterocycles. The molecule has 0 fully saturated rings. The highest BCUT2D eigenvalue weighted by Gasteiger charge is 2.06. The van der Waals surface area contributed by atoms with Gasteiger partial charge in [-0.3, -0.25) is 0 Å². The lowest BCUT2D eigenvalue weighted by Crippen LogP contribution is -2.19. The molecule has 0 saturated carbocycles. The van der Waals surface area contributed by atoms with Crippen LogP contribution in [0.1, 0.15) is 6.92 Å². The first kappa shape index (κ1) is 19.0. The van der Waals surface area contributed by atoms with Gasteiger partial charge in [-0.25, -0.2) is 4.68 Å². The Morgan fingerprint density at radius 3 is 2.81 bits per heavy atom. The number of benzene rings is 2. The van der Waals surface area contributed by atoms with Gasteiger partial charge >= 0.3 is 0 Å². The molecule has 0 spiro atoms. The molecule has 0 bridgehead atoms. The first-order chi connectivity index (χ1) is 13.1. The van der Waals surface area contributed by atoms with E-state index < -0.39 is 0 Å². The van der Waals surface area contributed by atoms with E-state index in [4.69, 9.17) is 33.3 Å². The van der Waals surface area contributed by atoms with Gasteiger partial charge in [-0.15, -0.1) is 0 Å². The molecule has 3 rings (SSSR count). The Balaban J connectivity index is 1.55. The summed E-state index contributed by atoms with van der Waals surface area (Å²) in [6.45, 7) is 2.78. The molecular formula is C19H19ClN4O2S. The van der Waals surface area contributed by atoms with Gasteiger partial charge in [0, 0.05) is 5.02 Å². The summed E-state index contributed by atoms with van der Waals surface area (Å²) in [5.41, 5.74) is 1.55. The Labute approximate surface area is 168 Å². The number of para-hydroxylation sites is 2. The summed E-state index contributed by atoms with van der Waals surface area (Å²) in [5.74, 6) is 1.42. The molecule has 0 unspecified atom stereocenters. The number of hydrogen-bond acceptors (Lipinski definition) is 4. The lowest BCUT2D eigenvalue weighted by molar-refractivity contribution is 0.221. The second-order valence-corrected chi connectivity index (χ2v) is 6.35. The molecule has 0 amide bonds. The van der Waals surface area contributed by atoms with Crippen LogP contribution < -0.4 is 20.1 Å². The largest absolute Gasteiger partial charge is 0.492 e. The normalized spacial score (nSPS) is 10.3. The van der Waals surface area contributed by atoms with Crippen molar-refractivity contribution in [2.75, 3.05) is 17.2 Å². The summed E-state index contributed by atoms with van der Waals surface area (Å²) in [6, 6.07) is 14.8. The van der Waals surface area contributed by atoms with E-state index in [0.717, 1.165) is 17.1 Å². The zero-order valence-corrected chi connectivity index (χ0v) is 16.3. The number of aromatic nitrogens is 2. The van der Waals surface area contributed by atoms with Crippen molar-refractivity contribution < 1.29 is 9.47 Å². The molecule has 0 atom stereocenters. The standard InChI is InChI=1S/C19H19ClN4O2S/c1-2-25-18-9-4-3-8-17(18)23-19(27)22-15-11-21-24(12-15)13-26-16-7-5-6-14(20)10-16/h3-12H,2,13H2,1H3,(H2,22,23,27). The Bertz CT molecular complexity index is 916. The summed E-state index contributed by atoms with van der Waals surface area (Å²) in [5, 5.41) is 11.5. The maximum absolute atomic E-state index is 5.94. The summed E-state index contributed by atoms with van der Waals surface area (Å²) in [6.07, 6.45) is 3.47. The van der Waals surface area contributed by atoms with Crippen molar-refractivity contribution in [2.24, 2.45) is 0 Å². The highest BCUT2D eigenvalue weighted by molar-refractivity contribution is 7.80. The predicted octanol–water partition coefficient (Wildman–Crippen LogP) is 4.78. The van der Waals surface area contributed by atoms with E-state index >= 15 is 0 Å². The second kappa shape index (κ2) is 9.25. The maximum Gasteiger partial charge on any atom is 0.180 e. The minimum atomic E-state index is 0.259. The summed E-state index contributed by atoms with van der Waals surface area (Å²) >= 11 is 11.3. The minimum absolute atomic E-state index is 0.259. The van der Waals surface area contributed by atoms with E-state index in [1.165, 1.54) is 0 Å². The van der Waals surface area contributed by atoms with E-state index in [1.807, 2.05) is 43.3 Å². The van der Waals surface area contributed by atoms with Crippen LogP contribution in [0.25, 0.3) is 0 Å². The summed E-state index contributed by atoms with van der Waals surface area (Å²) in [7, 11) is 0. The molecule has 6 nitrogen and oxygen atoms in total. The predicted molar refractivity (Wildman–Crippen MR) is 112 cm³/mol. The maximum atomic E-state index is 5.94. The quantitative estimate of drug-likeness (QED) is 0.554. The van der Waals surface area contributed by atoms with Crippen LogP contribution in [-0.2, 0) is 6.73 Å². The zero-order chi connectivity index (χ0) is 19.1. The Morgan fingerprint density at radius 1 is 1.15 bits per heavy atom. The molecular weight excluding hydrogens is 384 g/mol. The zero-order valence-electron chi connectivity index (χ0n) is 14.7. The van der Waals surface area contributed by atoms with Crippen molar-refractivity contribution in [3.63, 3.8) is 0 Å². The molecule has 8 heteroatoms.